The second-order valence-corrected chi connectivity index (χ2v) is 5.95. The van der Waals surface area contributed by atoms with Crippen LogP contribution in [-0.4, -0.2) is 28.4 Å². The molecule has 0 saturated carbocycles. The van der Waals surface area contributed by atoms with Crippen molar-refractivity contribution in [1.82, 2.24) is 20.1 Å². The van der Waals surface area contributed by atoms with Gasteiger partial charge < -0.3 is 10.2 Å². The van der Waals surface area contributed by atoms with Gasteiger partial charge in [0, 0.05) is 31.1 Å². The van der Waals surface area contributed by atoms with E-state index in [9.17, 15) is 0 Å². The average molecular weight is 293 g/mol. The molecule has 0 radical (unpaired) electrons. The summed E-state index contributed by atoms with van der Waals surface area (Å²) >= 11 is 1.71. The van der Waals surface area contributed by atoms with Gasteiger partial charge in [-0.25, -0.2) is 4.98 Å². The van der Waals surface area contributed by atoms with Gasteiger partial charge in [-0.3, -0.25) is 4.68 Å². The molecule has 2 heterocycles. The third kappa shape index (κ3) is 3.02. The van der Waals surface area contributed by atoms with Crippen LogP contribution in [0, 0.1) is 13.8 Å². The first-order valence-corrected chi connectivity index (χ1v) is 7.75. The lowest BCUT2D eigenvalue weighted by Gasteiger charge is -2.21. The van der Waals surface area contributed by atoms with Gasteiger partial charge in [-0.05, 0) is 20.4 Å². The highest BCUT2D eigenvalue weighted by molar-refractivity contribution is 7.09. The smallest absolute Gasteiger partial charge is 0.131 e. The minimum atomic E-state index is 0.859. The van der Waals surface area contributed by atoms with Crippen LogP contribution < -0.4 is 10.2 Å². The molecule has 2 rings (SSSR count). The maximum atomic E-state index is 4.56. The van der Waals surface area contributed by atoms with Crippen LogP contribution in [0.15, 0.2) is 5.51 Å². The van der Waals surface area contributed by atoms with Crippen molar-refractivity contribution in [2.75, 3.05) is 18.5 Å². The summed E-state index contributed by atoms with van der Waals surface area (Å²) in [6.45, 7) is 8.95. The Morgan fingerprint density at radius 2 is 2.10 bits per heavy atom. The largest absolute Gasteiger partial charge is 0.354 e. The second kappa shape index (κ2) is 6.37. The van der Waals surface area contributed by atoms with Gasteiger partial charge in [0.2, 0.25) is 0 Å². The number of nitrogens with zero attached hydrogens (tertiary/aromatic N) is 4. The van der Waals surface area contributed by atoms with Crippen molar-refractivity contribution >= 4 is 17.2 Å². The van der Waals surface area contributed by atoms with E-state index in [1.807, 2.05) is 17.2 Å². The lowest BCUT2D eigenvalue weighted by Crippen LogP contribution is -2.22. The summed E-state index contributed by atoms with van der Waals surface area (Å²) in [5.41, 5.74) is 5.40. The second-order valence-electron chi connectivity index (χ2n) is 5.01. The van der Waals surface area contributed by atoms with E-state index in [1.165, 1.54) is 16.3 Å². The molecular formula is C14H23N5S. The minimum Gasteiger partial charge on any atom is -0.354 e. The van der Waals surface area contributed by atoms with E-state index >= 15 is 0 Å². The molecule has 0 unspecified atom stereocenters. The predicted octanol–water partition coefficient (Wildman–Crippen LogP) is 2.24. The Morgan fingerprint density at radius 1 is 1.35 bits per heavy atom. The highest BCUT2D eigenvalue weighted by atomic mass is 32.1. The molecule has 0 atom stereocenters. The number of nitrogens with one attached hydrogen (secondary N) is 1. The Morgan fingerprint density at radius 3 is 2.70 bits per heavy atom. The van der Waals surface area contributed by atoms with E-state index in [4.69, 9.17) is 0 Å². The van der Waals surface area contributed by atoms with E-state index in [2.05, 4.69) is 48.1 Å². The van der Waals surface area contributed by atoms with Crippen molar-refractivity contribution in [3.05, 3.63) is 27.3 Å². The molecule has 0 aliphatic rings. The molecule has 0 saturated heterocycles. The standard InChI is InChI=1S/C14H23N5S/c1-6-15-7-12-10(2)17-19(5)14(12)18(4)8-13-11(3)16-9-20-13/h9,15H,6-8H2,1-5H3. The van der Waals surface area contributed by atoms with Gasteiger partial charge in [0.05, 0.1) is 23.4 Å². The zero-order chi connectivity index (χ0) is 14.7. The van der Waals surface area contributed by atoms with Gasteiger partial charge >= 0.3 is 0 Å². The van der Waals surface area contributed by atoms with Crippen LogP contribution in [0.2, 0.25) is 0 Å². The van der Waals surface area contributed by atoms with Gasteiger partial charge in [-0.1, -0.05) is 6.92 Å². The molecule has 0 spiro atoms. The van der Waals surface area contributed by atoms with Crippen LogP contribution in [0.5, 0.6) is 0 Å². The van der Waals surface area contributed by atoms with Crippen LogP contribution in [0.25, 0.3) is 0 Å². The Bertz CT molecular complexity index is 572. The van der Waals surface area contributed by atoms with Crippen molar-refractivity contribution in [3.8, 4) is 0 Å². The maximum Gasteiger partial charge on any atom is 0.131 e. The zero-order valence-corrected chi connectivity index (χ0v) is 13.7. The number of hydrogen-bond acceptors (Lipinski definition) is 5. The van der Waals surface area contributed by atoms with Gasteiger partial charge in [0.1, 0.15) is 5.82 Å². The lowest BCUT2D eigenvalue weighted by atomic mass is 10.2. The summed E-state index contributed by atoms with van der Waals surface area (Å²) in [7, 11) is 4.12. The summed E-state index contributed by atoms with van der Waals surface area (Å²) in [6.07, 6.45) is 0. The van der Waals surface area contributed by atoms with Crippen LogP contribution >= 0.6 is 11.3 Å². The van der Waals surface area contributed by atoms with Crippen LogP contribution in [0.3, 0.4) is 0 Å². The molecule has 0 aliphatic carbocycles. The fraction of sp³-hybridized carbons (Fsp3) is 0.571. The molecule has 6 heteroatoms. The van der Waals surface area contributed by atoms with Crippen LogP contribution in [0.4, 0.5) is 5.82 Å². The number of hydrogen-bond donors (Lipinski definition) is 1. The molecule has 0 aromatic carbocycles. The fourth-order valence-corrected chi connectivity index (χ4v) is 3.22. The first kappa shape index (κ1) is 15.0. The molecule has 5 nitrogen and oxygen atoms in total. The van der Waals surface area contributed by atoms with Crippen molar-refractivity contribution in [2.24, 2.45) is 7.05 Å². The van der Waals surface area contributed by atoms with Crippen molar-refractivity contribution in [1.29, 1.82) is 0 Å². The summed E-state index contributed by atoms with van der Waals surface area (Å²) in [6, 6.07) is 0. The molecule has 0 amide bonds. The van der Waals surface area contributed by atoms with Crippen molar-refractivity contribution < 1.29 is 0 Å². The summed E-state index contributed by atoms with van der Waals surface area (Å²) in [5.74, 6) is 1.18. The Kier molecular flexibility index (Phi) is 4.77. The topological polar surface area (TPSA) is 46.0 Å². The quantitative estimate of drug-likeness (QED) is 0.887. The fourth-order valence-electron chi connectivity index (χ4n) is 2.39. The number of aromatic nitrogens is 3. The molecule has 0 aliphatic heterocycles. The van der Waals surface area contributed by atoms with Crippen LogP contribution in [0.1, 0.15) is 28.8 Å². The van der Waals surface area contributed by atoms with Crippen molar-refractivity contribution in [3.63, 3.8) is 0 Å². The van der Waals surface area contributed by atoms with E-state index in [0.29, 0.717) is 0 Å². The van der Waals surface area contributed by atoms with Gasteiger partial charge in [0.15, 0.2) is 0 Å². The third-order valence-corrected chi connectivity index (χ3v) is 4.37. The highest BCUT2D eigenvalue weighted by Crippen LogP contribution is 2.25. The Hall–Kier alpha value is -1.40. The highest BCUT2D eigenvalue weighted by Gasteiger charge is 2.17. The van der Waals surface area contributed by atoms with E-state index < -0.39 is 0 Å². The predicted molar refractivity (Wildman–Crippen MR) is 84.3 cm³/mol. The zero-order valence-electron chi connectivity index (χ0n) is 12.9. The molecular weight excluding hydrogens is 270 g/mol. The molecule has 20 heavy (non-hydrogen) atoms. The normalized spacial score (nSPS) is 11.1. The maximum absolute atomic E-state index is 4.56. The monoisotopic (exact) mass is 293 g/mol. The van der Waals surface area contributed by atoms with Crippen molar-refractivity contribution in [2.45, 2.75) is 33.9 Å². The first-order chi connectivity index (χ1) is 9.54. The van der Waals surface area contributed by atoms with Gasteiger partial charge in [-0.2, -0.15) is 5.10 Å². The van der Waals surface area contributed by atoms with Gasteiger partial charge in [-0.15, -0.1) is 11.3 Å². The lowest BCUT2D eigenvalue weighted by molar-refractivity contribution is 0.709. The van der Waals surface area contributed by atoms with E-state index in [0.717, 1.165) is 31.0 Å². The number of rotatable bonds is 6. The Labute approximate surface area is 124 Å². The minimum absolute atomic E-state index is 0.859. The number of aryl methyl sites for hydroxylation is 3. The first-order valence-electron chi connectivity index (χ1n) is 6.87. The van der Waals surface area contributed by atoms with E-state index in [1.54, 1.807) is 11.3 Å². The molecule has 2 aromatic heterocycles. The number of anilines is 1. The third-order valence-electron chi connectivity index (χ3n) is 3.45. The van der Waals surface area contributed by atoms with E-state index in [-0.39, 0.29) is 0 Å². The summed E-state index contributed by atoms with van der Waals surface area (Å²) < 4.78 is 1.97. The van der Waals surface area contributed by atoms with Gasteiger partial charge in [0.25, 0.3) is 0 Å². The summed E-state index contributed by atoms with van der Waals surface area (Å²) in [5, 5.41) is 7.95. The molecule has 110 valence electrons. The molecule has 1 N–H and O–H groups in total. The number of thiazole rings is 1. The summed E-state index contributed by atoms with van der Waals surface area (Å²) in [4.78, 5) is 7.88. The molecule has 0 bridgehead atoms. The van der Waals surface area contributed by atoms with Crippen LogP contribution in [-0.2, 0) is 20.1 Å². The SMILES string of the molecule is CCNCc1c(C)nn(C)c1N(C)Cc1scnc1C. The molecule has 2 aromatic rings. The Balaban J connectivity index is 2.24. The average Bonchev–Trinajstić information content (AvgIpc) is 2.91. The molecule has 0 fully saturated rings.